The fourth-order valence-electron chi connectivity index (χ4n) is 2.20. The maximum Gasteiger partial charge on any atom is 0.230 e. The van der Waals surface area contributed by atoms with E-state index in [-0.39, 0.29) is 5.91 Å². The van der Waals surface area contributed by atoms with Crippen molar-refractivity contribution in [3.63, 3.8) is 0 Å². The second-order valence-corrected chi connectivity index (χ2v) is 8.12. The number of benzene rings is 1. The molecule has 0 unspecified atom stereocenters. The minimum absolute atomic E-state index is 0.0203. The molecule has 1 amide bonds. The SMILES string of the molecule is CN(C)c1nc2ncnc(SCC(=O)NCCc3ccc(Cl)cc3)c2s1. The molecule has 0 radical (unpaired) electrons. The number of fused-ring (bicyclic) bond motifs is 1. The molecule has 2 heterocycles. The topological polar surface area (TPSA) is 71.0 Å². The lowest BCUT2D eigenvalue weighted by atomic mass is 10.1. The number of rotatable bonds is 7. The van der Waals surface area contributed by atoms with E-state index >= 15 is 0 Å². The minimum Gasteiger partial charge on any atom is -0.355 e. The van der Waals surface area contributed by atoms with Crippen molar-refractivity contribution in [3.8, 4) is 0 Å². The molecule has 0 fully saturated rings. The first kappa shape index (κ1) is 18.9. The Morgan fingerprint density at radius 3 is 2.77 bits per heavy atom. The van der Waals surface area contributed by atoms with Gasteiger partial charge in [0.05, 0.1) is 5.75 Å². The second-order valence-electron chi connectivity index (χ2n) is 5.74. The van der Waals surface area contributed by atoms with Crippen molar-refractivity contribution in [2.24, 2.45) is 0 Å². The quantitative estimate of drug-likeness (QED) is 0.478. The van der Waals surface area contributed by atoms with Crippen LogP contribution >= 0.6 is 34.7 Å². The van der Waals surface area contributed by atoms with Gasteiger partial charge in [-0.3, -0.25) is 4.79 Å². The Kier molecular flexibility index (Phi) is 6.29. The van der Waals surface area contributed by atoms with Crippen molar-refractivity contribution in [2.45, 2.75) is 11.4 Å². The van der Waals surface area contributed by atoms with Gasteiger partial charge in [0.1, 0.15) is 16.1 Å². The summed E-state index contributed by atoms with van der Waals surface area (Å²) in [5, 5.41) is 5.30. The Bertz CT molecular complexity index is 898. The highest BCUT2D eigenvalue weighted by Crippen LogP contribution is 2.32. The third kappa shape index (κ3) is 4.84. The molecule has 0 bridgehead atoms. The molecule has 3 rings (SSSR count). The molecular weight excluding hydrogens is 390 g/mol. The fraction of sp³-hybridized carbons (Fsp3) is 0.294. The number of carbonyl (C=O) groups excluding carboxylic acids is 1. The largest absolute Gasteiger partial charge is 0.355 e. The first-order chi connectivity index (χ1) is 12.5. The molecule has 0 aliphatic heterocycles. The number of nitrogens with one attached hydrogen (secondary N) is 1. The summed E-state index contributed by atoms with van der Waals surface area (Å²) >= 11 is 8.80. The van der Waals surface area contributed by atoms with Gasteiger partial charge in [-0.1, -0.05) is 46.8 Å². The summed E-state index contributed by atoms with van der Waals surface area (Å²) in [6.45, 7) is 0.589. The first-order valence-corrected chi connectivity index (χ1v) is 10.1. The number of carbonyl (C=O) groups is 1. The predicted octanol–water partition coefficient (Wildman–Crippen LogP) is 3.26. The fourth-order valence-corrected chi connectivity index (χ4v) is 4.17. The maximum atomic E-state index is 12.1. The number of halogens is 1. The van der Waals surface area contributed by atoms with Gasteiger partial charge in [-0.05, 0) is 24.1 Å². The van der Waals surface area contributed by atoms with Crippen molar-refractivity contribution in [2.75, 3.05) is 31.3 Å². The van der Waals surface area contributed by atoms with Crippen molar-refractivity contribution in [3.05, 3.63) is 41.2 Å². The van der Waals surface area contributed by atoms with E-state index in [1.54, 1.807) is 0 Å². The van der Waals surface area contributed by atoms with Crippen LogP contribution < -0.4 is 10.2 Å². The monoisotopic (exact) mass is 407 g/mol. The van der Waals surface area contributed by atoms with Gasteiger partial charge < -0.3 is 10.2 Å². The molecule has 0 atom stereocenters. The van der Waals surface area contributed by atoms with Gasteiger partial charge in [0, 0.05) is 25.7 Å². The number of aromatic nitrogens is 3. The highest BCUT2D eigenvalue weighted by molar-refractivity contribution is 8.00. The van der Waals surface area contributed by atoms with E-state index in [1.807, 2.05) is 43.3 Å². The molecule has 0 aliphatic rings. The van der Waals surface area contributed by atoms with Gasteiger partial charge in [-0.2, -0.15) is 4.98 Å². The molecule has 9 heteroatoms. The lowest BCUT2D eigenvalue weighted by molar-refractivity contribution is -0.118. The number of hydrogen-bond acceptors (Lipinski definition) is 7. The van der Waals surface area contributed by atoms with E-state index in [9.17, 15) is 4.79 Å². The van der Waals surface area contributed by atoms with Crippen LogP contribution in [0.5, 0.6) is 0 Å². The van der Waals surface area contributed by atoms with Crippen LogP contribution in [0, 0.1) is 0 Å². The van der Waals surface area contributed by atoms with E-state index in [0.29, 0.717) is 23.0 Å². The average molecular weight is 408 g/mol. The Morgan fingerprint density at radius 2 is 2.04 bits per heavy atom. The third-order valence-corrected chi connectivity index (χ3v) is 6.11. The van der Waals surface area contributed by atoms with Gasteiger partial charge in [-0.25, -0.2) is 9.97 Å². The Morgan fingerprint density at radius 1 is 1.27 bits per heavy atom. The van der Waals surface area contributed by atoms with Crippen molar-refractivity contribution in [1.29, 1.82) is 0 Å². The zero-order valence-corrected chi connectivity index (χ0v) is 16.8. The number of anilines is 1. The second kappa shape index (κ2) is 8.66. The minimum atomic E-state index is -0.0203. The van der Waals surface area contributed by atoms with E-state index in [4.69, 9.17) is 11.6 Å². The summed E-state index contributed by atoms with van der Waals surface area (Å²) in [5.41, 5.74) is 1.81. The average Bonchev–Trinajstić information content (AvgIpc) is 3.07. The van der Waals surface area contributed by atoms with Crippen molar-refractivity contribution >= 4 is 56.1 Å². The molecule has 6 nitrogen and oxygen atoms in total. The van der Waals surface area contributed by atoms with Gasteiger partial charge in [-0.15, -0.1) is 0 Å². The van der Waals surface area contributed by atoms with Crippen LogP contribution in [0.2, 0.25) is 5.02 Å². The predicted molar refractivity (Wildman–Crippen MR) is 108 cm³/mol. The number of hydrogen-bond donors (Lipinski definition) is 1. The van der Waals surface area contributed by atoms with E-state index in [2.05, 4.69) is 20.3 Å². The smallest absolute Gasteiger partial charge is 0.230 e. The molecule has 0 spiro atoms. The highest BCUT2D eigenvalue weighted by atomic mass is 35.5. The van der Waals surface area contributed by atoms with Crippen LogP contribution in [0.4, 0.5) is 5.13 Å². The summed E-state index contributed by atoms with van der Waals surface area (Å²) in [5.74, 6) is 0.287. The summed E-state index contributed by atoms with van der Waals surface area (Å²) in [6.07, 6.45) is 2.26. The molecule has 0 saturated carbocycles. The third-order valence-electron chi connectivity index (χ3n) is 3.52. The Labute approximate surface area is 165 Å². The van der Waals surface area contributed by atoms with Crippen molar-refractivity contribution < 1.29 is 4.79 Å². The standard InChI is InChI=1S/C17H18ClN5OS2/c1-23(2)17-22-15-14(26-17)16(21-10-20-15)25-9-13(24)19-8-7-11-3-5-12(18)6-4-11/h3-6,10H,7-9H2,1-2H3,(H,19,24). The summed E-state index contributed by atoms with van der Waals surface area (Å²) in [4.78, 5) is 27.0. The lowest BCUT2D eigenvalue weighted by Crippen LogP contribution is -2.27. The zero-order chi connectivity index (χ0) is 18.5. The van der Waals surface area contributed by atoms with Crippen LogP contribution in [0.3, 0.4) is 0 Å². The molecule has 3 aromatic rings. The molecule has 136 valence electrons. The normalized spacial score (nSPS) is 10.9. The summed E-state index contributed by atoms with van der Waals surface area (Å²) in [7, 11) is 3.87. The number of amides is 1. The maximum absolute atomic E-state index is 12.1. The molecule has 0 saturated heterocycles. The van der Waals surface area contributed by atoms with E-state index < -0.39 is 0 Å². The molecule has 2 aromatic heterocycles. The Hall–Kier alpha value is -1.90. The van der Waals surface area contributed by atoms with E-state index in [1.165, 1.54) is 29.4 Å². The molecule has 1 aromatic carbocycles. The van der Waals surface area contributed by atoms with Crippen LogP contribution in [0.15, 0.2) is 35.6 Å². The molecule has 1 N–H and O–H groups in total. The molecule has 0 aliphatic carbocycles. The number of thiazole rings is 1. The first-order valence-electron chi connectivity index (χ1n) is 7.96. The molecular formula is C17H18ClN5OS2. The van der Waals surface area contributed by atoms with Crippen LogP contribution in [-0.4, -0.2) is 47.3 Å². The van der Waals surface area contributed by atoms with Crippen LogP contribution in [0.25, 0.3) is 10.3 Å². The van der Waals surface area contributed by atoms with Gasteiger partial charge in [0.25, 0.3) is 0 Å². The van der Waals surface area contributed by atoms with Gasteiger partial charge in [0.2, 0.25) is 5.91 Å². The van der Waals surface area contributed by atoms with Crippen LogP contribution in [0.1, 0.15) is 5.56 Å². The van der Waals surface area contributed by atoms with Gasteiger partial charge >= 0.3 is 0 Å². The zero-order valence-electron chi connectivity index (χ0n) is 14.4. The highest BCUT2D eigenvalue weighted by Gasteiger charge is 2.13. The lowest BCUT2D eigenvalue weighted by Gasteiger charge is -2.06. The Balaban J connectivity index is 1.52. The van der Waals surface area contributed by atoms with E-state index in [0.717, 1.165) is 26.8 Å². The van der Waals surface area contributed by atoms with Gasteiger partial charge in [0.15, 0.2) is 10.8 Å². The van der Waals surface area contributed by atoms with Crippen molar-refractivity contribution in [1.82, 2.24) is 20.3 Å². The molecule has 26 heavy (non-hydrogen) atoms. The summed E-state index contributed by atoms with van der Waals surface area (Å²) < 4.78 is 0.912. The number of nitrogens with zero attached hydrogens (tertiary/aromatic N) is 4. The number of thioether (sulfide) groups is 1. The summed E-state index contributed by atoms with van der Waals surface area (Å²) in [6, 6.07) is 7.64. The van der Waals surface area contributed by atoms with Crippen LogP contribution in [-0.2, 0) is 11.2 Å².